The lowest BCUT2D eigenvalue weighted by atomic mass is 10.3. The third-order valence-corrected chi connectivity index (χ3v) is 4.06. The van der Waals surface area contributed by atoms with E-state index in [-0.39, 0.29) is 17.3 Å². The molecular formula is C19H15ClF3N5O. The van der Waals surface area contributed by atoms with Crippen molar-refractivity contribution in [1.29, 1.82) is 0 Å². The fourth-order valence-electron chi connectivity index (χ4n) is 2.42. The van der Waals surface area contributed by atoms with Crippen molar-refractivity contribution in [1.82, 2.24) is 9.78 Å². The van der Waals surface area contributed by atoms with Crippen LogP contribution in [0.15, 0.2) is 64.6 Å². The molecule has 0 radical (unpaired) electrons. The largest absolute Gasteiger partial charge is 0.487 e. The number of nitrogens with two attached hydrogens (primary N) is 1. The molecule has 6 nitrogen and oxygen atoms in total. The number of nitrogens with zero attached hydrogens (tertiary/aromatic N) is 4. The van der Waals surface area contributed by atoms with E-state index < -0.39 is 11.9 Å². The van der Waals surface area contributed by atoms with Crippen molar-refractivity contribution < 1.29 is 17.9 Å². The van der Waals surface area contributed by atoms with Gasteiger partial charge < -0.3 is 10.5 Å². The van der Waals surface area contributed by atoms with Crippen LogP contribution in [0, 0.1) is 0 Å². The molecule has 0 aliphatic heterocycles. The molecule has 3 aromatic rings. The highest BCUT2D eigenvalue weighted by Gasteiger charge is 2.35. The average molecular weight is 422 g/mol. The van der Waals surface area contributed by atoms with E-state index in [4.69, 9.17) is 22.1 Å². The molecule has 150 valence electrons. The third kappa shape index (κ3) is 5.14. The summed E-state index contributed by atoms with van der Waals surface area (Å²) < 4.78 is 46.2. The Bertz CT molecular complexity index is 1030. The van der Waals surface area contributed by atoms with Crippen molar-refractivity contribution in [2.24, 2.45) is 15.7 Å². The van der Waals surface area contributed by atoms with Crippen molar-refractivity contribution in [2.75, 3.05) is 0 Å². The number of aromatic nitrogens is 2. The second kappa shape index (κ2) is 8.78. The minimum atomic E-state index is -4.59. The second-order valence-electron chi connectivity index (χ2n) is 5.71. The molecule has 0 spiro atoms. The molecule has 29 heavy (non-hydrogen) atoms. The summed E-state index contributed by atoms with van der Waals surface area (Å²) in [5, 5.41) is 3.94. The highest BCUT2D eigenvalue weighted by molar-refractivity contribution is 6.32. The standard InChI is InChI=1S/C19H15ClF3N5O/c20-16-3-1-2-4-17(16)28-14(9-18(27-28)19(21,22)23)10-29-15-7-5-13(6-8-15)26-12-25-11-24/h1-9,11-12H,10H2,(H2,24,25,26). The lowest BCUT2D eigenvalue weighted by molar-refractivity contribution is -0.141. The van der Waals surface area contributed by atoms with E-state index in [1.54, 1.807) is 48.5 Å². The molecule has 0 atom stereocenters. The van der Waals surface area contributed by atoms with Crippen LogP contribution in [0.5, 0.6) is 5.75 Å². The van der Waals surface area contributed by atoms with Crippen LogP contribution in [0.4, 0.5) is 18.9 Å². The highest BCUT2D eigenvalue weighted by Crippen LogP contribution is 2.31. The van der Waals surface area contributed by atoms with E-state index in [0.29, 0.717) is 17.1 Å². The highest BCUT2D eigenvalue weighted by atomic mass is 35.5. The molecule has 1 aromatic heterocycles. The second-order valence-corrected chi connectivity index (χ2v) is 6.11. The van der Waals surface area contributed by atoms with Crippen molar-refractivity contribution in [2.45, 2.75) is 12.8 Å². The van der Waals surface area contributed by atoms with Crippen LogP contribution in [-0.2, 0) is 12.8 Å². The first-order chi connectivity index (χ1) is 13.9. The van der Waals surface area contributed by atoms with Gasteiger partial charge in [0.1, 0.15) is 18.7 Å². The van der Waals surface area contributed by atoms with Crippen LogP contribution in [0.1, 0.15) is 11.4 Å². The Morgan fingerprint density at radius 3 is 2.52 bits per heavy atom. The van der Waals surface area contributed by atoms with E-state index in [1.165, 1.54) is 6.34 Å². The minimum absolute atomic E-state index is 0.144. The number of halogens is 4. The quantitative estimate of drug-likeness (QED) is 0.460. The molecule has 0 aliphatic rings. The average Bonchev–Trinajstić information content (AvgIpc) is 3.12. The Kier molecular flexibility index (Phi) is 6.18. The molecule has 10 heteroatoms. The van der Waals surface area contributed by atoms with Gasteiger partial charge in [0, 0.05) is 0 Å². The van der Waals surface area contributed by atoms with Crippen molar-refractivity contribution >= 4 is 30.0 Å². The number of aliphatic imine (C=N–C) groups is 2. The normalized spacial score (nSPS) is 12.1. The Morgan fingerprint density at radius 1 is 1.14 bits per heavy atom. The lowest BCUT2D eigenvalue weighted by Crippen LogP contribution is -2.08. The topological polar surface area (TPSA) is 77.8 Å². The maximum atomic E-state index is 13.2. The van der Waals surface area contributed by atoms with Gasteiger partial charge in [-0.25, -0.2) is 14.7 Å². The molecule has 1 heterocycles. The molecule has 0 fully saturated rings. The fourth-order valence-corrected chi connectivity index (χ4v) is 2.63. The molecule has 2 aromatic carbocycles. The number of benzene rings is 2. The van der Waals surface area contributed by atoms with Crippen molar-refractivity contribution in [3.05, 3.63) is 71.0 Å². The van der Waals surface area contributed by atoms with Gasteiger partial charge in [0.2, 0.25) is 0 Å². The van der Waals surface area contributed by atoms with Gasteiger partial charge >= 0.3 is 6.18 Å². The predicted molar refractivity (Wildman–Crippen MR) is 105 cm³/mol. The van der Waals surface area contributed by atoms with E-state index in [2.05, 4.69) is 15.1 Å². The first-order valence-corrected chi connectivity index (χ1v) is 8.66. The van der Waals surface area contributed by atoms with Crippen LogP contribution >= 0.6 is 11.6 Å². The van der Waals surface area contributed by atoms with Crippen LogP contribution in [0.3, 0.4) is 0 Å². The van der Waals surface area contributed by atoms with Crippen LogP contribution < -0.4 is 10.5 Å². The number of para-hydroxylation sites is 1. The monoisotopic (exact) mass is 421 g/mol. The lowest BCUT2D eigenvalue weighted by Gasteiger charge is -2.10. The third-order valence-electron chi connectivity index (χ3n) is 3.74. The van der Waals surface area contributed by atoms with Crippen LogP contribution in [0.2, 0.25) is 5.02 Å². The number of hydrogen-bond donors (Lipinski definition) is 1. The molecule has 0 amide bonds. The van der Waals surface area contributed by atoms with E-state index in [9.17, 15) is 13.2 Å². The number of alkyl halides is 3. The summed E-state index contributed by atoms with van der Waals surface area (Å²) >= 11 is 6.13. The summed E-state index contributed by atoms with van der Waals surface area (Å²) in [6, 6.07) is 14.1. The minimum Gasteiger partial charge on any atom is -0.487 e. The molecular weight excluding hydrogens is 407 g/mol. The summed E-state index contributed by atoms with van der Waals surface area (Å²) in [4.78, 5) is 7.69. The molecule has 3 rings (SSSR count). The smallest absolute Gasteiger partial charge is 0.435 e. The maximum Gasteiger partial charge on any atom is 0.435 e. The SMILES string of the molecule is NC=NC=Nc1ccc(OCc2cc(C(F)(F)F)nn2-c2ccccc2Cl)cc1. The maximum absolute atomic E-state index is 13.2. The fraction of sp³-hybridized carbons (Fsp3) is 0.105. The molecule has 0 unspecified atom stereocenters. The van der Waals surface area contributed by atoms with E-state index in [0.717, 1.165) is 17.1 Å². The number of rotatable bonds is 6. The zero-order valence-corrected chi connectivity index (χ0v) is 15.6. The summed E-state index contributed by atoms with van der Waals surface area (Å²) in [6.45, 7) is -0.144. The molecule has 0 bridgehead atoms. The van der Waals surface area contributed by atoms with E-state index in [1.807, 2.05) is 0 Å². The summed E-state index contributed by atoms with van der Waals surface area (Å²) in [7, 11) is 0. The zero-order chi connectivity index (χ0) is 20.9. The molecule has 0 saturated carbocycles. The Labute approximate surface area is 169 Å². The number of ether oxygens (including phenoxy) is 1. The van der Waals surface area contributed by atoms with Crippen LogP contribution in [0.25, 0.3) is 5.69 Å². The Balaban J connectivity index is 1.83. The Hall–Kier alpha value is -3.33. The van der Waals surface area contributed by atoms with Crippen molar-refractivity contribution in [3.63, 3.8) is 0 Å². The van der Waals surface area contributed by atoms with Gasteiger partial charge in [0.25, 0.3) is 0 Å². The first kappa shape index (κ1) is 20.4. The van der Waals surface area contributed by atoms with Gasteiger partial charge in [-0.2, -0.15) is 18.3 Å². The molecule has 0 aliphatic carbocycles. The first-order valence-electron chi connectivity index (χ1n) is 8.28. The molecule has 0 saturated heterocycles. The van der Waals surface area contributed by atoms with Gasteiger partial charge in [0.15, 0.2) is 5.69 Å². The zero-order valence-electron chi connectivity index (χ0n) is 14.8. The number of hydrogen-bond acceptors (Lipinski definition) is 3. The van der Waals surface area contributed by atoms with Crippen molar-refractivity contribution in [3.8, 4) is 11.4 Å². The van der Waals surface area contributed by atoms with Gasteiger partial charge in [-0.05, 0) is 42.5 Å². The summed E-state index contributed by atoms with van der Waals surface area (Å²) in [5.74, 6) is 0.451. The Morgan fingerprint density at radius 2 is 1.86 bits per heavy atom. The van der Waals surface area contributed by atoms with Gasteiger partial charge in [-0.3, -0.25) is 0 Å². The van der Waals surface area contributed by atoms with Gasteiger partial charge in [0.05, 0.1) is 28.4 Å². The van der Waals surface area contributed by atoms with Crippen LogP contribution in [-0.4, -0.2) is 22.5 Å². The van der Waals surface area contributed by atoms with Gasteiger partial charge in [-0.1, -0.05) is 23.7 Å². The summed E-state index contributed by atoms with van der Waals surface area (Å²) in [5.41, 5.74) is 5.23. The van der Waals surface area contributed by atoms with E-state index >= 15 is 0 Å². The summed E-state index contributed by atoms with van der Waals surface area (Å²) in [6.07, 6.45) is -2.19. The predicted octanol–water partition coefficient (Wildman–Crippen LogP) is 4.77. The molecule has 2 N–H and O–H groups in total. The van der Waals surface area contributed by atoms with Gasteiger partial charge in [-0.15, -0.1) is 0 Å².